The minimum Gasteiger partial charge on any atom is -0.477 e. The maximum Gasteiger partial charge on any atom is 0.341 e. The summed E-state index contributed by atoms with van der Waals surface area (Å²) in [6.07, 6.45) is 2.11. The average Bonchev–Trinajstić information content (AvgIpc) is 2.87. The molecule has 1 aliphatic heterocycles. The number of carboxylic acids is 1. The second-order valence-electron chi connectivity index (χ2n) is 10.8. The number of nitrogens with zero attached hydrogens (tertiary/aromatic N) is 2. The van der Waals surface area contributed by atoms with Gasteiger partial charge in [-0.1, -0.05) is 39.3 Å². The highest BCUT2D eigenvalue weighted by Crippen LogP contribution is 2.34. The van der Waals surface area contributed by atoms with Crippen LogP contribution >= 0.6 is 11.6 Å². The highest BCUT2D eigenvalue weighted by Gasteiger charge is 2.29. The number of morpholine rings is 1. The van der Waals surface area contributed by atoms with Crippen molar-refractivity contribution >= 4 is 34.2 Å². The summed E-state index contributed by atoms with van der Waals surface area (Å²) in [7, 11) is 0. The van der Waals surface area contributed by atoms with Crippen molar-refractivity contribution in [1.82, 2.24) is 4.57 Å². The second kappa shape index (κ2) is 11.0. The fourth-order valence-corrected chi connectivity index (χ4v) is 5.37. The molecule has 2 heterocycles. The Bertz CT molecular complexity index is 1420. The van der Waals surface area contributed by atoms with E-state index < -0.39 is 28.7 Å². The zero-order chi connectivity index (χ0) is 27.8. The molecule has 0 saturated carbocycles. The summed E-state index contributed by atoms with van der Waals surface area (Å²) >= 11 is 6.29. The van der Waals surface area contributed by atoms with Crippen LogP contribution in [0.1, 0.15) is 60.8 Å². The van der Waals surface area contributed by atoms with Crippen LogP contribution in [-0.2, 0) is 17.6 Å². The first kappa shape index (κ1) is 28.1. The van der Waals surface area contributed by atoms with E-state index in [0.29, 0.717) is 43.8 Å². The number of aromatic nitrogens is 1. The Labute approximate surface area is 226 Å². The van der Waals surface area contributed by atoms with E-state index in [0.717, 1.165) is 16.8 Å². The first-order valence-electron chi connectivity index (χ1n) is 12.8. The maximum atomic E-state index is 15.2. The second-order valence-corrected chi connectivity index (χ2v) is 11.2. The average molecular weight is 545 g/mol. The van der Waals surface area contributed by atoms with Crippen LogP contribution in [0.2, 0.25) is 5.02 Å². The number of ether oxygens (including phenoxy) is 1. The van der Waals surface area contributed by atoms with Gasteiger partial charge in [-0.25, -0.2) is 9.18 Å². The van der Waals surface area contributed by atoms with E-state index in [-0.39, 0.29) is 29.0 Å². The van der Waals surface area contributed by atoms with E-state index >= 15 is 4.39 Å². The minimum atomic E-state index is -1.34. The molecule has 1 fully saturated rings. The molecule has 0 amide bonds. The molecule has 1 atom stereocenters. The summed E-state index contributed by atoms with van der Waals surface area (Å²) in [5.41, 5.74) is 1.94. The van der Waals surface area contributed by atoms with E-state index in [1.807, 2.05) is 33.8 Å². The third-order valence-electron chi connectivity index (χ3n) is 7.32. The van der Waals surface area contributed by atoms with Crippen LogP contribution in [0.25, 0.3) is 10.9 Å². The summed E-state index contributed by atoms with van der Waals surface area (Å²) in [5.74, 6) is -1.86. The van der Waals surface area contributed by atoms with Gasteiger partial charge in [0.25, 0.3) is 0 Å². The van der Waals surface area contributed by atoms with E-state index in [9.17, 15) is 19.8 Å². The van der Waals surface area contributed by atoms with Crippen molar-refractivity contribution in [2.75, 3.05) is 37.8 Å². The van der Waals surface area contributed by atoms with Gasteiger partial charge in [-0.3, -0.25) is 4.79 Å². The SMILES string of the molecule is CCc1cc2c(cc1Cc1cc(N3CCOCC3)cc(Cl)c1F)c(=O)c(C(=O)O)cn2[C@H](CO)C(C)(C)C. The first-order chi connectivity index (χ1) is 18.0. The summed E-state index contributed by atoms with van der Waals surface area (Å²) in [4.78, 5) is 27.4. The number of hydrogen-bond acceptors (Lipinski definition) is 5. The Balaban J connectivity index is 1.91. The van der Waals surface area contributed by atoms with Crippen LogP contribution in [0.4, 0.5) is 10.1 Å². The molecule has 2 aromatic carbocycles. The maximum absolute atomic E-state index is 15.2. The number of fused-ring (bicyclic) bond motifs is 1. The van der Waals surface area contributed by atoms with Crippen LogP contribution in [-0.4, -0.2) is 53.7 Å². The summed E-state index contributed by atoms with van der Waals surface area (Å²) < 4.78 is 22.4. The van der Waals surface area contributed by atoms with Crippen LogP contribution in [0.15, 0.2) is 35.3 Å². The van der Waals surface area contributed by atoms with Crippen molar-refractivity contribution in [3.05, 3.63) is 73.8 Å². The summed E-state index contributed by atoms with van der Waals surface area (Å²) in [6, 6.07) is 6.46. The monoisotopic (exact) mass is 544 g/mol. The third kappa shape index (κ3) is 5.44. The minimum absolute atomic E-state index is 0.0225. The Hall–Kier alpha value is -2.94. The van der Waals surface area contributed by atoms with E-state index in [1.54, 1.807) is 22.8 Å². The first-order valence-corrected chi connectivity index (χ1v) is 13.2. The lowest BCUT2D eigenvalue weighted by Crippen LogP contribution is -2.36. The normalized spacial score (nSPS) is 15.2. The third-order valence-corrected chi connectivity index (χ3v) is 7.59. The predicted molar refractivity (Wildman–Crippen MR) is 147 cm³/mol. The van der Waals surface area contributed by atoms with Gasteiger partial charge in [-0.15, -0.1) is 0 Å². The molecule has 7 nitrogen and oxygen atoms in total. The van der Waals surface area contributed by atoms with Gasteiger partial charge in [0, 0.05) is 36.8 Å². The Kier molecular flexibility index (Phi) is 8.16. The molecule has 0 radical (unpaired) electrons. The van der Waals surface area contributed by atoms with Crippen molar-refractivity contribution in [2.45, 2.75) is 46.6 Å². The molecule has 204 valence electrons. The van der Waals surface area contributed by atoms with Crippen molar-refractivity contribution in [3.63, 3.8) is 0 Å². The fraction of sp³-hybridized carbons (Fsp3) is 0.448. The van der Waals surface area contributed by atoms with Gasteiger partial charge in [0.2, 0.25) is 5.43 Å². The number of aliphatic hydroxyl groups is 1. The van der Waals surface area contributed by atoms with Gasteiger partial charge >= 0.3 is 5.97 Å². The summed E-state index contributed by atoms with van der Waals surface area (Å²) in [5, 5.41) is 20.2. The standard InChI is InChI=1S/C29H34ClFN2O5/c1-5-17-13-24-21(27(35)22(28(36)37)15-33(24)25(16-34)29(2,3)4)12-18(17)10-19-11-20(14-23(30)26(19)31)32-6-8-38-9-7-32/h11-15,25,34H,5-10,16H2,1-4H3,(H,36,37)/t25-/m1/s1. The number of pyridine rings is 1. The molecule has 4 rings (SSSR count). The molecular weight excluding hydrogens is 511 g/mol. The number of carboxylic acid groups (broad SMARTS) is 1. The van der Waals surface area contributed by atoms with Crippen LogP contribution < -0.4 is 10.3 Å². The van der Waals surface area contributed by atoms with Gasteiger partial charge in [0.15, 0.2) is 0 Å². The molecule has 1 aromatic heterocycles. The number of halogens is 2. The van der Waals surface area contributed by atoms with Crippen molar-refractivity contribution in [2.24, 2.45) is 5.41 Å². The van der Waals surface area contributed by atoms with Gasteiger partial charge in [-0.2, -0.15) is 0 Å². The Morgan fingerprint density at radius 3 is 2.39 bits per heavy atom. The molecule has 3 aromatic rings. The summed E-state index contributed by atoms with van der Waals surface area (Å²) in [6.45, 7) is 10.1. The number of aryl methyl sites for hydroxylation is 1. The number of hydrogen-bond donors (Lipinski definition) is 2. The highest BCUT2D eigenvalue weighted by molar-refractivity contribution is 6.31. The molecule has 1 saturated heterocycles. The number of anilines is 1. The fourth-order valence-electron chi connectivity index (χ4n) is 5.14. The lowest BCUT2D eigenvalue weighted by atomic mass is 9.86. The van der Waals surface area contributed by atoms with E-state index in [1.165, 1.54) is 6.20 Å². The van der Waals surface area contributed by atoms with Gasteiger partial charge < -0.3 is 24.4 Å². The van der Waals surface area contributed by atoms with Crippen LogP contribution in [0.5, 0.6) is 0 Å². The Morgan fingerprint density at radius 1 is 1.13 bits per heavy atom. The molecule has 0 unspecified atom stereocenters. The largest absolute Gasteiger partial charge is 0.477 e. The zero-order valence-corrected chi connectivity index (χ0v) is 22.9. The smallest absolute Gasteiger partial charge is 0.341 e. The zero-order valence-electron chi connectivity index (χ0n) is 22.2. The molecule has 1 aliphatic rings. The molecule has 0 bridgehead atoms. The van der Waals surface area contributed by atoms with Crippen molar-refractivity contribution in [3.8, 4) is 0 Å². The molecule has 0 spiro atoms. The highest BCUT2D eigenvalue weighted by atomic mass is 35.5. The Morgan fingerprint density at radius 2 is 1.82 bits per heavy atom. The molecule has 38 heavy (non-hydrogen) atoms. The molecular formula is C29H34ClFN2O5. The number of benzene rings is 2. The van der Waals surface area contributed by atoms with E-state index in [4.69, 9.17) is 16.3 Å². The molecule has 9 heteroatoms. The van der Waals surface area contributed by atoms with E-state index in [2.05, 4.69) is 4.90 Å². The predicted octanol–water partition coefficient (Wildman–Crippen LogP) is 5.06. The topological polar surface area (TPSA) is 92.0 Å². The van der Waals surface area contributed by atoms with Crippen LogP contribution in [0, 0.1) is 11.2 Å². The van der Waals surface area contributed by atoms with Crippen molar-refractivity contribution in [1.29, 1.82) is 0 Å². The van der Waals surface area contributed by atoms with Crippen LogP contribution in [0.3, 0.4) is 0 Å². The quantitative estimate of drug-likeness (QED) is 0.432. The number of rotatable bonds is 7. The van der Waals surface area contributed by atoms with Gasteiger partial charge in [-0.05, 0) is 52.8 Å². The lowest BCUT2D eigenvalue weighted by molar-refractivity contribution is 0.0692. The van der Waals surface area contributed by atoms with Gasteiger partial charge in [0.05, 0.1) is 36.4 Å². The lowest BCUT2D eigenvalue weighted by Gasteiger charge is -2.33. The van der Waals surface area contributed by atoms with Gasteiger partial charge in [0.1, 0.15) is 11.4 Å². The number of aliphatic hydroxyl groups excluding tert-OH is 1. The number of aromatic carboxylic acids is 1. The van der Waals surface area contributed by atoms with Crippen molar-refractivity contribution < 1.29 is 24.1 Å². The molecule has 2 N–H and O–H groups in total. The number of carbonyl (C=O) groups is 1. The molecule has 0 aliphatic carbocycles.